The Balaban J connectivity index is 0.000000288. The zero-order valence-corrected chi connectivity index (χ0v) is 9.32. The van der Waals surface area contributed by atoms with Gasteiger partial charge >= 0.3 is 11.9 Å². The number of hydrogen-bond donors (Lipinski definition) is 4. The van der Waals surface area contributed by atoms with Gasteiger partial charge in [-0.3, -0.25) is 15.0 Å². The van der Waals surface area contributed by atoms with Gasteiger partial charge in [-0.2, -0.15) is 0 Å². The largest absolute Gasteiger partial charge is 0.481 e. The lowest BCUT2D eigenvalue weighted by atomic mass is 10.1. The second kappa shape index (κ2) is 6.09. The summed E-state index contributed by atoms with van der Waals surface area (Å²) < 4.78 is 0. The molecule has 0 aromatic rings. The minimum atomic E-state index is -0.948. The van der Waals surface area contributed by atoms with Gasteiger partial charge in [-0.05, 0) is 19.3 Å². The van der Waals surface area contributed by atoms with E-state index in [1.807, 2.05) is 6.92 Å². The maximum atomic E-state index is 9.79. The van der Waals surface area contributed by atoms with Gasteiger partial charge in [-0.1, -0.05) is 6.92 Å². The Hall–Kier alpha value is -1.59. The fourth-order valence-electron chi connectivity index (χ4n) is 0.848. The third kappa shape index (κ3) is 6.80. The van der Waals surface area contributed by atoms with E-state index in [1.165, 1.54) is 0 Å². The van der Waals surface area contributed by atoms with Crippen molar-refractivity contribution in [3.63, 3.8) is 0 Å². The van der Waals surface area contributed by atoms with Crippen LogP contribution in [0.25, 0.3) is 0 Å². The van der Waals surface area contributed by atoms with E-state index < -0.39 is 11.9 Å². The van der Waals surface area contributed by atoms with Gasteiger partial charge < -0.3 is 15.9 Å². The second-order valence-electron chi connectivity index (χ2n) is 4.12. The highest BCUT2D eigenvalue weighted by Crippen LogP contribution is 2.44. The Morgan fingerprint density at radius 1 is 1.25 bits per heavy atom. The Labute approximate surface area is 94.0 Å². The maximum absolute atomic E-state index is 9.79. The topological polar surface area (TPSA) is 124 Å². The molecule has 0 amide bonds. The zero-order chi connectivity index (χ0) is 12.8. The van der Waals surface area contributed by atoms with Crippen LogP contribution >= 0.6 is 0 Å². The van der Waals surface area contributed by atoms with Crippen molar-refractivity contribution in [1.29, 1.82) is 5.41 Å². The van der Waals surface area contributed by atoms with Crippen LogP contribution in [0, 0.1) is 10.8 Å². The average Bonchev–Trinajstić information content (AvgIpc) is 2.84. The van der Waals surface area contributed by atoms with E-state index in [1.54, 1.807) is 0 Å². The minimum Gasteiger partial charge on any atom is -0.481 e. The molecule has 0 heterocycles. The first kappa shape index (κ1) is 14.4. The van der Waals surface area contributed by atoms with Crippen LogP contribution in [0.5, 0.6) is 0 Å². The number of aliphatic carboxylic acids is 2. The van der Waals surface area contributed by atoms with Gasteiger partial charge in [0.25, 0.3) is 0 Å². The molecule has 0 radical (unpaired) electrons. The molecule has 0 aromatic heterocycles. The van der Waals surface area contributed by atoms with E-state index in [0.29, 0.717) is 5.84 Å². The maximum Gasteiger partial charge on any atom is 0.303 e. The van der Waals surface area contributed by atoms with Gasteiger partial charge in [0, 0.05) is 18.3 Å². The molecular formula is C10H18N2O4. The summed E-state index contributed by atoms with van der Waals surface area (Å²) in [6.07, 6.45) is 2.31. The zero-order valence-electron chi connectivity index (χ0n) is 9.32. The van der Waals surface area contributed by atoms with Crippen LogP contribution < -0.4 is 5.73 Å². The summed E-state index contributed by atoms with van der Waals surface area (Å²) >= 11 is 0. The Morgan fingerprint density at radius 2 is 1.62 bits per heavy atom. The molecule has 6 heteroatoms. The lowest BCUT2D eigenvalue weighted by molar-refractivity contribution is -0.138. The molecule has 5 N–H and O–H groups in total. The van der Waals surface area contributed by atoms with Crippen molar-refractivity contribution in [3.8, 4) is 0 Å². The number of nitrogens with one attached hydrogen (secondary N) is 1. The Morgan fingerprint density at radius 3 is 1.75 bits per heavy atom. The summed E-state index contributed by atoms with van der Waals surface area (Å²) in [5.41, 5.74) is 5.33. The van der Waals surface area contributed by atoms with Gasteiger partial charge in [-0.25, -0.2) is 0 Å². The highest BCUT2D eigenvalue weighted by atomic mass is 16.4. The SMILES string of the molecule is CC1(C(=N)N)CC1.O=C(O)CCCC(=O)O. The second-order valence-corrected chi connectivity index (χ2v) is 4.12. The van der Waals surface area contributed by atoms with Gasteiger partial charge in [0.1, 0.15) is 0 Å². The monoisotopic (exact) mass is 230 g/mol. The number of nitrogens with two attached hydrogens (primary N) is 1. The number of hydrogen-bond acceptors (Lipinski definition) is 3. The Kier molecular flexibility index (Phi) is 5.49. The quantitative estimate of drug-likeness (QED) is 0.415. The van der Waals surface area contributed by atoms with E-state index in [0.717, 1.165) is 12.8 Å². The molecule has 1 fully saturated rings. The Bertz CT molecular complexity index is 271. The number of amidine groups is 1. The molecule has 92 valence electrons. The summed E-state index contributed by atoms with van der Waals surface area (Å²) in [5.74, 6) is -1.54. The van der Waals surface area contributed by atoms with Crippen LogP contribution in [-0.2, 0) is 9.59 Å². The number of carboxylic acids is 2. The third-order valence-corrected chi connectivity index (χ3v) is 2.43. The van der Waals surface area contributed by atoms with Gasteiger partial charge in [0.05, 0.1) is 5.84 Å². The molecule has 1 aliphatic carbocycles. The predicted molar refractivity (Wildman–Crippen MR) is 58.4 cm³/mol. The van der Waals surface area contributed by atoms with Crippen LogP contribution in [0.4, 0.5) is 0 Å². The fraction of sp³-hybridized carbons (Fsp3) is 0.700. The van der Waals surface area contributed by atoms with Crippen molar-refractivity contribution in [2.24, 2.45) is 11.1 Å². The normalized spacial score (nSPS) is 15.6. The number of carboxylic acid groups (broad SMARTS) is 2. The highest BCUT2D eigenvalue weighted by Gasteiger charge is 2.40. The van der Waals surface area contributed by atoms with E-state index >= 15 is 0 Å². The molecule has 16 heavy (non-hydrogen) atoms. The molecule has 0 unspecified atom stereocenters. The van der Waals surface area contributed by atoms with Crippen molar-refractivity contribution in [1.82, 2.24) is 0 Å². The van der Waals surface area contributed by atoms with Crippen molar-refractivity contribution >= 4 is 17.8 Å². The molecule has 0 bridgehead atoms. The minimum absolute atomic E-state index is 0.0632. The molecule has 6 nitrogen and oxygen atoms in total. The van der Waals surface area contributed by atoms with Crippen molar-refractivity contribution in [2.45, 2.75) is 39.0 Å². The first-order valence-electron chi connectivity index (χ1n) is 5.06. The fourth-order valence-corrected chi connectivity index (χ4v) is 0.848. The van der Waals surface area contributed by atoms with Crippen molar-refractivity contribution in [3.05, 3.63) is 0 Å². The molecule has 0 aliphatic heterocycles. The highest BCUT2D eigenvalue weighted by molar-refractivity contribution is 5.85. The van der Waals surface area contributed by atoms with Gasteiger partial charge in [0.15, 0.2) is 0 Å². The van der Waals surface area contributed by atoms with Crippen LogP contribution in [0.2, 0.25) is 0 Å². The van der Waals surface area contributed by atoms with E-state index in [-0.39, 0.29) is 24.7 Å². The molecule has 0 atom stereocenters. The van der Waals surface area contributed by atoms with E-state index in [2.05, 4.69) is 0 Å². The van der Waals surface area contributed by atoms with Gasteiger partial charge in [0.2, 0.25) is 0 Å². The van der Waals surface area contributed by atoms with Crippen LogP contribution in [0.3, 0.4) is 0 Å². The summed E-state index contributed by atoms with van der Waals surface area (Å²) in [6, 6.07) is 0. The lowest BCUT2D eigenvalue weighted by Crippen LogP contribution is -2.20. The predicted octanol–water partition coefficient (Wildman–Crippen LogP) is 1.05. The number of rotatable bonds is 5. The van der Waals surface area contributed by atoms with Crippen molar-refractivity contribution < 1.29 is 19.8 Å². The average molecular weight is 230 g/mol. The smallest absolute Gasteiger partial charge is 0.303 e. The van der Waals surface area contributed by atoms with E-state index in [9.17, 15) is 9.59 Å². The first-order valence-corrected chi connectivity index (χ1v) is 5.06. The van der Waals surface area contributed by atoms with Gasteiger partial charge in [-0.15, -0.1) is 0 Å². The molecule has 0 aromatic carbocycles. The van der Waals surface area contributed by atoms with Crippen molar-refractivity contribution in [2.75, 3.05) is 0 Å². The molecular weight excluding hydrogens is 212 g/mol. The molecule has 1 rings (SSSR count). The standard InChI is InChI=1S/C5H10N2.C5H8O4/c1-5(2-3-5)4(6)7;6-4(7)2-1-3-5(8)9/h2-3H2,1H3,(H3,6,7);1-3H2,(H,6,7)(H,8,9). The first-order chi connectivity index (χ1) is 7.28. The molecule has 0 spiro atoms. The lowest BCUT2D eigenvalue weighted by Gasteiger charge is -2.00. The van der Waals surface area contributed by atoms with Crippen LogP contribution in [-0.4, -0.2) is 28.0 Å². The van der Waals surface area contributed by atoms with E-state index in [4.69, 9.17) is 21.4 Å². The summed E-state index contributed by atoms with van der Waals surface area (Å²) in [7, 11) is 0. The summed E-state index contributed by atoms with van der Waals surface area (Å²) in [6.45, 7) is 2.02. The summed E-state index contributed by atoms with van der Waals surface area (Å²) in [5, 5.41) is 23.1. The third-order valence-electron chi connectivity index (χ3n) is 2.43. The van der Waals surface area contributed by atoms with Crippen LogP contribution in [0.15, 0.2) is 0 Å². The van der Waals surface area contributed by atoms with Crippen LogP contribution in [0.1, 0.15) is 39.0 Å². The molecule has 1 aliphatic rings. The number of carbonyl (C=O) groups is 2. The summed E-state index contributed by atoms with van der Waals surface area (Å²) in [4.78, 5) is 19.6. The molecule has 1 saturated carbocycles. The molecule has 0 saturated heterocycles.